The molecule has 0 aliphatic carbocycles. The normalized spacial score (nSPS) is 23.1. The first kappa shape index (κ1) is 27.8. The number of benzene rings is 2. The standard InChI is InChI=1S/C30H43N4O2P/c1-7-9-10-25-27(23-12-14-24(37)15-13-23)32-34(26-16-11-22(8-2)17-21(26)3)29(25,4)28(35)31-18-30(36-6)19-33(5)20-30/h11-17,25H,7-10,18-20,37H2,1-6H3,(H,31,35). The van der Waals surface area contributed by atoms with E-state index in [9.17, 15) is 4.79 Å². The van der Waals surface area contributed by atoms with Gasteiger partial charge in [-0.25, -0.2) is 5.01 Å². The highest BCUT2D eigenvalue weighted by Gasteiger charge is 2.54. The first-order valence-corrected chi connectivity index (χ1v) is 14.1. The Bertz CT molecular complexity index is 1140. The molecule has 3 atom stereocenters. The molecule has 1 N–H and O–H groups in total. The van der Waals surface area contributed by atoms with Gasteiger partial charge in [0.25, 0.3) is 0 Å². The topological polar surface area (TPSA) is 57.2 Å². The fourth-order valence-corrected chi connectivity index (χ4v) is 6.03. The van der Waals surface area contributed by atoms with Crippen molar-refractivity contribution in [1.82, 2.24) is 10.2 Å². The first-order chi connectivity index (χ1) is 17.7. The zero-order valence-electron chi connectivity index (χ0n) is 23.3. The second-order valence-electron chi connectivity index (χ2n) is 11.0. The molecule has 2 aliphatic heterocycles. The van der Waals surface area contributed by atoms with Crippen LogP contribution in [0.2, 0.25) is 0 Å². The maximum atomic E-state index is 14.3. The molecule has 2 aromatic rings. The number of amides is 1. The van der Waals surface area contributed by atoms with Crippen LogP contribution in [0.25, 0.3) is 0 Å². The zero-order valence-corrected chi connectivity index (χ0v) is 24.5. The van der Waals surface area contributed by atoms with Crippen molar-refractivity contribution < 1.29 is 9.53 Å². The molecule has 0 saturated carbocycles. The maximum Gasteiger partial charge on any atom is 0.248 e. The molecular weight excluding hydrogens is 479 g/mol. The summed E-state index contributed by atoms with van der Waals surface area (Å²) in [6.45, 7) is 10.7. The fraction of sp³-hybridized carbons (Fsp3) is 0.533. The SMILES string of the molecule is CCCCC1C(c2ccc(P)cc2)=NN(c2ccc(CC)cc2C)C1(C)C(=O)NCC1(OC)CN(C)C1. The maximum absolute atomic E-state index is 14.3. The minimum atomic E-state index is -0.868. The molecule has 1 fully saturated rings. The quantitative estimate of drug-likeness (QED) is 0.473. The van der Waals surface area contributed by atoms with Crippen molar-refractivity contribution in [2.75, 3.05) is 38.8 Å². The monoisotopic (exact) mass is 522 g/mol. The Labute approximate surface area is 225 Å². The molecule has 1 amide bonds. The lowest BCUT2D eigenvalue weighted by Crippen LogP contribution is -2.68. The van der Waals surface area contributed by atoms with Crippen molar-refractivity contribution in [2.24, 2.45) is 11.0 Å². The summed E-state index contributed by atoms with van der Waals surface area (Å²) in [6, 6.07) is 14.9. The Balaban J connectivity index is 1.77. The number of unbranched alkanes of at least 4 members (excludes halogenated alkanes) is 1. The van der Waals surface area contributed by atoms with Crippen molar-refractivity contribution in [1.29, 1.82) is 0 Å². The van der Waals surface area contributed by atoms with Gasteiger partial charge in [-0.05, 0) is 61.8 Å². The number of likely N-dealkylation sites (tertiary alicyclic amines) is 1. The summed E-state index contributed by atoms with van der Waals surface area (Å²) in [5, 5.41) is 11.7. The minimum absolute atomic E-state index is 0.0000311. The Hall–Kier alpha value is -2.27. The average molecular weight is 523 g/mol. The van der Waals surface area contributed by atoms with Gasteiger partial charge in [0.1, 0.15) is 11.1 Å². The van der Waals surface area contributed by atoms with E-state index in [1.54, 1.807) is 7.11 Å². The van der Waals surface area contributed by atoms with Gasteiger partial charge in [-0.3, -0.25) is 4.79 Å². The average Bonchev–Trinajstić information content (AvgIpc) is 3.17. The van der Waals surface area contributed by atoms with Crippen LogP contribution in [0, 0.1) is 12.8 Å². The van der Waals surface area contributed by atoms with Crippen LogP contribution in [0.4, 0.5) is 5.69 Å². The van der Waals surface area contributed by atoms with E-state index in [4.69, 9.17) is 9.84 Å². The van der Waals surface area contributed by atoms with E-state index in [2.05, 4.69) is 96.7 Å². The van der Waals surface area contributed by atoms with Crippen molar-refractivity contribution in [3.8, 4) is 0 Å². The number of nitrogens with one attached hydrogen (secondary N) is 1. The first-order valence-electron chi connectivity index (χ1n) is 13.5. The molecule has 4 rings (SSSR count). The van der Waals surface area contributed by atoms with Gasteiger partial charge < -0.3 is 15.0 Å². The third kappa shape index (κ3) is 5.34. The number of hydrogen-bond donors (Lipinski definition) is 1. The molecule has 2 heterocycles. The summed E-state index contributed by atoms with van der Waals surface area (Å²) in [6.07, 6.45) is 3.96. The predicted molar refractivity (Wildman–Crippen MR) is 157 cm³/mol. The van der Waals surface area contributed by atoms with Gasteiger partial charge >= 0.3 is 0 Å². The van der Waals surface area contributed by atoms with Gasteiger partial charge in [0.15, 0.2) is 0 Å². The number of likely N-dealkylation sites (N-methyl/N-ethyl adjacent to an activating group) is 1. The number of methoxy groups -OCH3 is 1. The van der Waals surface area contributed by atoms with Crippen LogP contribution in [-0.2, 0) is 16.0 Å². The van der Waals surface area contributed by atoms with Gasteiger partial charge in [-0.2, -0.15) is 5.10 Å². The van der Waals surface area contributed by atoms with Crippen LogP contribution in [0.3, 0.4) is 0 Å². The number of hydrogen-bond acceptors (Lipinski definition) is 5. The van der Waals surface area contributed by atoms with E-state index in [0.29, 0.717) is 6.54 Å². The lowest BCUT2D eigenvalue weighted by atomic mass is 9.76. The molecule has 0 aromatic heterocycles. The van der Waals surface area contributed by atoms with Gasteiger partial charge in [0, 0.05) is 32.7 Å². The molecule has 0 spiro atoms. The van der Waals surface area contributed by atoms with Gasteiger partial charge in [-0.1, -0.05) is 63.1 Å². The van der Waals surface area contributed by atoms with Crippen molar-refractivity contribution >= 4 is 31.9 Å². The minimum Gasteiger partial charge on any atom is -0.374 e. The van der Waals surface area contributed by atoms with E-state index < -0.39 is 5.54 Å². The fourth-order valence-electron chi connectivity index (χ4n) is 5.84. The highest BCUT2D eigenvalue weighted by Crippen LogP contribution is 2.43. The van der Waals surface area contributed by atoms with Crippen molar-refractivity contribution in [3.05, 3.63) is 59.2 Å². The van der Waals surface area contributed by atoms with Crippen LogP contribution in [0.15, 0.2) is 47.6 Å². The van der Waals surface area contributed by atoms with Crippen molar-refractivity contribution in [3.63, 3.8) is 0 Å². The second-order valence-corrected chi connectivity index (χ2v) is 11.6. The van der Waals surface area contributed by atoms with Gasteiger partial charge in [0.2, 0.25) is 5.91 Å². The predicted octanol–water partition coefficient (Wildman–Crippen LogP) is 4.29. The number of carbonyl (C=O) groups is 1. The Morgan fingerprint density at radius 3 is 2.46 bits per heavy atom. The molecule has 2 aliphatic rings. The van der Waals surface area contributed by atoms with E-state index >= 15 is 0 Å². The Morgan fingerprint density at radius 2 is 1.89 bits per heavy atom. The number of anilines is 1. The number of carbonyl (C=O) groups excluding carboxylic acids is 1. The van der Waals surface area contributed by atoms with Gasteiger partial charge in [0.05, 0.1) is 11.4 Å². The smallest absolute Gasteiger partial charge is 0.248 e. The molecule has 3 unspecified atom stereocenters. The molecule has 200 valence electrons. The van der Waals surface area contributed by atoms with Gasteiger partial charge in [-0.15, -0.1) is 9.24 Å². The largest absolute Gasteiger partial charge is 0.374 e. The number of rotatable bonds is 10. The lowest BCUT2D eigenvalue weighted by molar-refractivity contribution is -0.135. The van der Waals surface area contributed by atoms with Crippen LogP contribution >= 0.6 is 9.24 Å². The lowest BCUT2D eigenvalue weighted by Gasteiger charge is -2.48. The summed E-state index contributed by atoms with van der Waals surface area (Å²) in [7, 11) is 6.56. The highest BCUT2D eigenvalue weighted by molar-refractivity contribution is 7.27. The molecular formula is C30H43N4O2P. The molecule has 1 saturated heterocycles. The molecule has 37 heavy (non-hydrogen) atoms. The number of hydrazone groups is 1. The molecule has 7 heteroatoms. The molecule has 0 radical (unpaired) electrons. The van der Waals surface area contributed by atoms with E-state index in [1.807, 2.05) is 5.01 Å². The summed E-state index contributed by atoms with van der Waals surface area (Å²) in [4.78, 5) is 16.5. The molecule has 6 nitrogen and oxygen atoms in total. The molecule has 0 bridgehead atoms. The number of aryl methyl sites for hydroxylation is 2. The summed E-state index contributed by atoms with van der Waals surface area (Å²) in [5.41, 5.74) is 4.26. The summed E-state index contributed by atoms with van der Waals surface area (Å²) in [5.74, 6) is -0.0458. The van der Waals surface area contributed by atoms with Crippen LogP contribution < -0.4 is 15.6 Å². The van der Waals surface area contributed by atoms with Crippen molar-refractivity contribution in [2.45, 2.75) is 64.5 Å². The van der Waals surface area contributed by atoms with Crippen LogP contribution in [0.1, 0.15) is 56.7 Å². The summed E-state index contributed by atoms with van der Waals surface area (Å²) >= 11 is 0. The summed E-state index contributed by atoms with van der Waals surface area (Å²) < 4.78 is 5.84. The van der Waals surface area contributed by atoms with E-state index in [0.717, 1.165) is 66.6 Å². The highest BCUT2D eigenvalue weighted by atomic mass is 31.0. The second kappa shape index (κ2) is 11.2. The zero-order chi connectivity index (χ0) is 26.8. The van der Waals surface area contributed by atoms with E-state index in [-0.39, 0.29) is 17.4 Å². The van der Waals surface area contributed by atoms with Crippen LogP contribution in [0.5, 0.6) is 0 Å². The third-order valence-corrected chi connectivity index (χ3v) is 8.57. The molecule has 2 aromatic carbocycles. The van der Waals surface area contributed by atoms with E-state index in [1.165, 1.54) is 5.56 Å². The number of nitrogens with zero attached hydrogens (tertiary/aromatic N) is 3. The third-order valence-electron chi connectivity index (χ3n) is 8.19. The number of ether oxygens (including phenoxy) is 1. The Morgan fingerprint density at radius 1 is 1.19 bits per heavy atom. The Kier molecular flexibility index (Phi) is 8.42. The van der Waals surface area contributed by atoms with Crippen LogP contribution in [-0.4, -0.2) is 61.5 Å².